The number of amides is 1. The Morgan fingerprint density at radius 2 is 1.78 bits per heavy atom. The SMILES string of the molecule is Cc1nc(-c2ccc(C(=O)N3CCC(Cc4ccccc4)CC3)cc2)no1. The fourth-order valence-electron chi connectivity index (χ4n) is 3.65. The van der Waals surface area contributed by atoms with Gasteiger partial charge in [-0.3, -0.25) is 4.79 Å². The van der Waals surface area contributed by atoms with Crippen LogP contribution in [-0.4, -0.2) is 34.0 Å². The second-order valence-electron chi connectivity index (χ2n) is 7.14. The molecule has 0 radical (unpaired) electrons. The molecule has 3 aromatic rings. The Kier molecular flexibility index (Phi) is 5.01. The van der Waals surface area contributed by atoms with E-state index in [1.54, 1.807) is 6.92 Å². The molecule has 0 N–H and O–H groups in total. The molecule has 1 fully saturated rings. The van der Waals surface area contributed by atoms with Crippen molar-refractivity contribution < 1.29 is 9.32 Å². The molecular formula is C22H23N3O2. The first-order valence-corrected chi connectivity index (χ1v) is 9.43. The zero-order chi connectivity index (χ0) is 18.6. The summed E-state index contributed by atoms with van der Waals surface area (Å²) in [5.41, 5.74) is 2.94. The summed E-state index contributed by atoms with van der Waals surface area (Å²) < 4.78 is 5.01. The topological polar surface area (TPSA) is 59.2 Å². The molecule has 1 amide bonds. The van der Waals surface area contributed by atoms with Gasteiger partial charge in [0, 0.05) is 31.1 Å². The molecule has 0 unspecified atom stereocenters. The van der Waals surface area contributed by atoms with E-state index in [0.717, 1.165) is 37.9 Å². The summed E-state index contributed by atoms with van der Waals surface area (Å²) in [7, 11) is 0. The largest absolute Gasteiger partial charge is 0.339 e. The van der Waals surface area contributed by atoms with Crippen LogP contribution in [0.1, 0.15) is 34.7 Å². The number of carbonyl (C=O) groups excluding carboxylic acids is 1. The summed E-state index contributed by atoms with van der Waals surface area (Å²) >= 11 is 0. The van der Waals surface area contributed by atoms with Crippen LogP contribution in [0.5, 0.6) is 0 Å². The monoisotopic (exact) mass is 361 g/mol. The lowest BCUT2D eigenvalue weighted by atomic mass is 9.90. The molecule has 2 heterocycles. The number of rotatable bonds is 4. The summed E-state index contributed by atoms with van der Waals surface area (Å²) in [5, 5.41) is 3.91. The van der Waals surface area contributed by atoms with Crippen molar-refractivity contribution in [2.45, 2.75) is 26.2 Å². The van der Waals surface area contributed by atoms with Crippen LogP contribution < -0.4 is 0 Å². The van der Waals surface area contributed by atoms with Gasteiger partial charge in [-0.1, -0.05) is 47.6 Å². The van der Waals surface area contributed by atoms with Crippen LogP contribution >= 0.6 is 0 Å². The van der Waals surface area contributed by atoms with Gasteiger partial charge in [0.05, 0.1) is 0 Å². The lowest BCUT2D eigenvalue weighted by molar-refractivity contribution is 0.0690. The summed E-state index contributed by atoms with van der Waals surface area (Å²) in [4.78, 5) is 19.0. The van der Waals surface area contributed by atoms with Gasteiger partial charge in [-0.05, 0) is 42.9 Å². The predicted octanol–water partition coefficient (Wildman–Crippen LogP) is 4.14. The molecule has 27 heavy (non-hydrogen) atoms. The third-order valence-electron chi connectivity index (χ3n) is 5.19. The zero-order valence-corrected chi connectivity index (χ0v) is 15.5. The standard InChI is InChI=1S/C22H23N3O2/c1-16-23-21(24-27-16)19-7-9-20(10-8-19)22(26)25-13-11-18(12-14-25)15-17-5-3-2-4-6-17/h2-10,18H,11-15H2,1H3. The number of carbonyl (C=O) groups is 1. The smallest absolute Gasteiger partial charge is 0.253 e. The molecular weight excluding hydrogens is 338 g/mol. The van der Waals surface area contributed by atoms with Crippen molar-refractivity contribution in [3.8, 4) is 11.4 Å². The zero-order valence-electron chi connectivity index (χ0n) is 15.5. The highest BCUT2D eigenvalue weighted by Gasteiger charge is 2.23. The third kappa shape index (κ3) is 4.08. The molecule has 1 aromatic heterocycles. The van der Waals surface area contributed by atoms with E-state index in [1.165, 1.54) is 5.56 Å². The van der Waals surface area contributed by atoms with Crippen LogP contribution in [0.15, 0.2) is 59.1 Å². The first-order valence-electron chi connectivity index (χ1n) is 9.43. The van der Waals surface area contributed by atoms with E-state index in [0.29, 0.717) is 23.2 Å². The fourth-order valence-corrected chi connectivity index (χ4v) is 3.65. The highest BCUT2D eigenvalue weighted by atomic mass is 16.5. The van der Waals surface area contributed by atoms with Crippen LogP contribution in [0.3, 0.4) is 0 Å². The van der Waals surface area contributed by atoms with Crippen molar-refractivity contribution >= 4 is 5.91 Å². The molecule has 1 aliphatic rings. The predicted molar refractivity (Wildman–Crippen MR) is 103 cm³/mol. The number of hydrogen-bond acceptors (Lipinski definition) is 4. The Labute approximate surface area is 159 Å². The third-order valence-corrected chi connectivity index (χ3v) is 5.19. The molecule has 5 heteroatoms. The van der Waals surface area contributed by atoms with Crippen molar-refractivity contribution in [3.63, 3.8) is 0 Å². The molecule has 0 saturated carbocycles. The Bertz CT molecular complexity index is 895. The molecule has 0 aliphatic carbocycles. The minimum Gasteiger partial charge on any atom is -0.339 e. The van der Waals surface area contributed by atoms with Gasteiger partial charge in [-0.25, -0.2) is 0 Å². The Hall–Kier alpha value is -2.95. The second kappa shape index (κ2) is 7.74. The number of nitrogens with zero attached hydrogens (tertiary/aromatic N) is 3. The average Bonchev–Trinajstić information content (AvgIpc) is 3.15. The lowest BCUT2D eigenvalue weighted by Crippen LogP contribution is -2.38. The molecule has 0 bridgehead atoms. The summed E-state index contributed by atoms with van der Waals surface area (Å²) in [6, 6.07) is 18.0. The van der Waals surface area contributed by atoms with Crippen molar-refractivity contribution in [2.75, 3.05) is 13.1 Å². The van der Waals surface area contributed by atoms with E-state index in [-0.39, 0.29) is 5.91 Å². The second-order valence-corrected chi connectivity index (χ2v) is 7.14. The fraction of sp³-hybridized carbons (Fsp3) is 0.318. The Balaban J connectivity index is 1.35. The highest BCUT2D eigenvalue weighted by Crippen LogP contribution is 2.23. The van der Waals surface area contributed by atoms with E-state index in [2.05, 4.69) is 40.5 Å². The quantitative estimate of drug-likeness (QED) is 0.701. The van der Waals surface area contributed by atoms with Crippen molar-refractivity contribution in [1.82, 2.24) is 15.0 Å². The first kappa shape index (κ1) is 17.5. The van der Waals surface area contributed by atoms with E-state index in [1.807, 2.05) is 29.2 Å². The minimum atomic E-state index is 0.101. The molecule has 5 nitrogen and oxygen atoms in total. The van der Waals surface area contributed by atoms with Crippen molar-refractivity contribution in [1.29, 1.82) is 0 Å². The number of likely N-dealkylation sites (tertiary alicyclic amines) is 1. The van der Waals surface area contributed by atoms with Crippen molar-refractivity contribution in [3.05, 3.63) is 71.6 Å². The van der Waals surface area contributed by atoms with Gasteiger partial charge >= 0.3 is 0 Å². The van der Waals surface area contributed by atoms with E-state index < -0.39 is 0 Å². The van der Waals surface area contributed by atoms with Gasteiger partial charge in [-0.15, -0.1) is 0 Å². The van der Waals surface area contributed by atoms with Gasteiger partial charge < -0.3 is 9.42 Å². The average molecular weight is 361 g/mol. The molecule has 1 saturated heterocycles. The van der Waals surface area contributed by atoms with Gasteiger partial charge in [-0.2, -0.15) is 4.98 Å². The van der Waals surface area contributed by atoms with E-state index >= 15 is 0 Å². The molecule has 1 aliphatic heterocycles. The lowest BCUT2D eigenvalue weighted by Gasteiger charge is -2.32. The van der Waals surface area contributed by atoms with Crippen LogP contribution in [-0.2, 0) is 6.42 Å². The highest BCUT2D eigenvalue weighted by molar-refractivity contribution is 5.94. The molecule has 0 atom stereocenters. The minimum absolute atomic E-state index is 0.101. The molecule has 0 spiro atoms. The number of hydrogen-bond donors (Lipinski definition) is 0. The molecule has 2 aromatic carbocycles. The molecule has 4 rings (SSSR count). The maximum Gasteiger partial charge on any atom is 0.253 e. The Morgan fingerprint density at radius 1 is 1.07 bits per heavy atom. The maximum absolute atomic E-state index is 12.8. The normalized spacial score (nSPS) is 15.1. The molecule has 138 valence electrons. The van der Waals surface area contributed by atoms with Gasteiger partial charge in [0.25, 0.3) is 5.91 Å². The van der Waals surface area contributed by atoms with Crippen LogP contribution in [0.2, 0.25) is 0 Å². The van der Waals surface area contributed by atoms with Gasteiger partial charge in [0.15, 0.2) is 0 Å². The summed E-state index contributed by atoms with van der Waals surface area (Å²) in [6.45, 7) is 3.40. The maximum atomic E-state index is 12.8. The van der Waals surface area contributed by atoms with Crippen LogP contribution in [0.25, 0.3) is 11.4 Å². The first-order chi connectivity index (χ1) is 13.2. The summed E-state index contributed by atoms with van der Waals surface area (Å²) in [5.74, 6) is 1.83. The van der Waals surface area contributed by atoms with Crippen LogP contribution in [0, 0.1) is 12.8 Å². The Morgan fingerprint density at radius 3 is 2.41 bits per heavy atom. The van der Waals surface area contributed by atoms with Crippen molar-refractivity contribution in [2.24, 2.45) is 5.92 Å². The number of benzene rings is 2. The number of piperidine rings is 1. The number of aromatic nitrogens is 2. The summed E-state index contributed by atoms with van der Waals surface area (Å²) in [6.07, 6.45) is 3.21. The van der Waals surface area contributed by atoms with E-state index in [9.17, 15) is 4.79 Å². The van der Waals surface area contributed by atoms with E-state index in [4.69, 9.17) is 4.52 Å². The van der Waals surface area contributed by atoms with Gasteiger partial charge in [0.1, 0.15) is 0 Å². The van der Waals surface area contributed by atoms with Crippen LogP contribution in [0.4, 0.5) is 0 Å². The number of aryl methyl sites for hydroxylation is 1. The van der Waals surface area contributed by atoms with Gasteiger partial charge in [0.2, 0.25) is 11.7 Å².